The third-order valence-electron chi connectivity index (χ3n) is 2.15. The van der Waals surface area contributed by atoms with E-state index >= 15 is 0 Å². The van der Waals surface area contributed by atoms with E-state index in [0.29, 0.717) is 11.3 Å². The molecule has 0 saturated heterocycles. The van der Waals surface area contributed by atoms with E-state index < -0.39 is 0 Å². The van der Waals surface area contributed by atoms with Gasteiger partial charge in [-0.15, -0.1) is 0 Å². The highest BCUT2D eigenvalue weighted by Gasteiger charge is 2.10. The standard InChI is InChI=1S/C11H23BrO/c1-5-10(8-12)9-13-7-6-11(2,3)4/h10H,5-9H2,1-4H3. The maximum absolute atomic E-state index is 5.62. The maximum atomic E-state index is 5.62. The molecule has 0 bridgehead atoms. The van der Waals surface area contributed by atoms with E-state index in [4.69, 9.17) is 4.74 Å². The van der Waals surface area contributed by atoms with Crippen molar-refractivity contribution in [3.8, 4) is 0 Å². The van der Waals surface area contributed by atoms with Crippen LogP contribution in [0.3, 0.4) is 0 Å². The van der Waals surface area contributed by atoms with E-state index in [1.165, 1.54) is 6.42 Å². The molecular formula is C11H23BrO. The Kier molecular flexibility index (Phi) is 7.06. The molecule has 0 aliphatic heterocycles. The Balaban J connectivity index is 3.34. The molecule has 0 heterocycles. The fraction of sp³-hybridized carbons (Fsp3) is 1.00. The fourth-order valence-corrected chi connectivity index (χ4v) is 1.54. The maximum Gasteiger partial charge on any atom is 0.0502 e. The molecule has 1 atom stereocenters. The lowest BCUT2D eigenvalue weighted by atomic mass is 9.93. The van der Waals surface area contributed by atoms with Crippen molar-refractivity contribution in [3.63, 3.8) is 0 Å². The Bertz CT molecular complexity index is 114. The van der Waals surface area contributed by atoms with Crippen molar-refractivity contribution in [1.29, 1.82) is 0 Å². The van der Waals surface area contributed by atoms with E-state index in [0.717, 1.165) is 25.0 Å². The summed E-state index contributed by atoms with van der Waals surface area (Å²) in [7, 11) is 0. The van der Waals surface area contributed by atoms with Crippen LogP contribution in [0.25, 0.3) is 0 Å². The van der Waals surface area contributed by atoms with E-state index in [-0.39, 0.29) is 0 Å². The van der Waals surface area contributed by atoms with Crippen LogP contribution in [0.4, 0.5) is 0 Å². The highest BCUT2D eigenvalue weighted by Crippen LogP contribution is 2.18. The SMILES string of the molecule is CCC(CBr)COCCC(C)(C)C. The topological polar surface area (TPSA) is 9.23 Å². The van der Waals surface area contributed by atoms with Gasteiger partial charge >= 0.3 is 0 Å². The second-order valence-electron chi connectivity index (χ2n) is 4.81. The minimum atomic E-state index is 0.399. The van der Waals surface area contributed by atoms with Crippen molar-refractivity contribution in [1.82, 2.24) is 0 Å². The van der Waals surface area contributed by atoms with Crippen molar-refractivity contribution in [2.75, 3.05) is 18.5 Å². The Morgan fingerprint density at radius 3 is 2.31 bits per heavy atom. The van der Waals surface area contributed by atoms with Gasteiger partial charge in [0.2, 0.25) is 0 Å². The predicted molar refractivity (Wildman–Crippen MR) is 62.5 cm³/mol. The number of rotatable bonds is 6. The molecule has 1 nitrogen and oxygen atoms in total. The predicted octanol–water partition coefficient (Wildman–Crippen LogP) is 3.86. The highest BCUT2D eigenvalue weighted by molar-refractivity contribution is 9.09. The monoisotopic (exact) mass is 250 g/mol. The van der Waals surface area contributed by atoms with Crippen LogP contribution in [0.1, 0.15) is 40.5 Å². The highest BCUT2D eigenvalue weighted by atomic mass is 79.9. The molecule has 0 aliphatic carbocycles. The van der Waals surface area contributed by atoms with Gasteiger partial charge in [0.1, 0.15) is 0 Å². The van der Waals surface area contributed by atoms with Crippen molar-refractivity contribution in [2.45, 2.75) is 40.5 Å². The van der Waals surface area contributed by atoms with Gasteiger partial charge in [0.05, 0.1) is 6.61 Å². The van der Waals surface area contributed by atoms with Crippen LogP contribution < -0.4 is 0 Å². The molecule has 0 fully saturated rings. The van der Waals surface area contributed by atoms with E-state index in [2.05, 4.69) is 43.6 Å². The summed E-state index contributed by atoms with van der Waals surface area (Å²) >= 11 is 3.49. The molecule has 0 rings (SSSR count). The summed E-state index contributed by atoms with van der Waals surface area (Å²) < 4.78 is 5.62. The summed E-state index contributed by atoms with van der Waals surface area (Å²) in [5.41, 5.74) is 0.399. The number of ether oxygens (including phenoxy) is 1. The summed E-state index contributed by atoms with van der Waals surface area (Å²) in [6, 6.07) is 0. The average Bonchev–Trinajstić information content (AvgIpc) is 2.03. The van der Waals surface area contributed by atoms with Gasteiger partial charge in [-0.1, -0.05) is 50.0 Å². The Morgan fingerprint density at radius 1 is 1.31 bits per heavy atom. The molecule has 0 saturated carbocycles. The van der Waals surface area contributed by atoms with Gasteiger partial charge < -0.3 is 4.74 Å². The molecule has 0 aromatic rings. The lowest BCUT2D eigenvalue weighted by Gasteiger charge is -2.19. The molecule has 0 spiro atoms. The largest absolute Gasteiger partial charge is 0.381 e. The summed E-state index contributed by atoms with van der Waals surface area (Å²) in [4.78, 5) is 0. The summed E-state index contributed by atoms with van der Waals surface area (Å²) in [6.45, 7) is 10.7. The third-order valence-corrected chi connectivity index (χ3v) is 3.06. The summed E-state index contributed by atoms with van der Waals surface area (Å²) in [5, 5.41) is 1.05. The van der Waals surface area contributed by atoms with Gasteiger partial charge in [-0.25, -0.2) is 0 Å². The quantitative estimate of drug-likeness (QED) is 0.514. The zero-order valence-corrected chi connectivity index (χ0v) is 11.0. The molecule has 0 aromatic carbocycles. The van der Waals surface area contributed by atoms with E-state index in [1.54, 1.807) is 0 Å². The van der Waals surface area contributed by atoms with Crippen LogP contribution in [-0.2, 0) is 4.74 Å². The minimum Gasteiger partial charge on any atom is -0.381 e. The third kappa shape index (κ3) is 8.76. The van der Waals surface area contributed by atoms with Crippen LogP contribution in [0.5, 0.6) is 0 Å². The molecule has 0 N–H and O–H groups in total. The van der Waals surface area contributed by atoms with Crippen LogP contribution in [0.15, 0.2) is 0 Å². The van der Waals surface area contributed by atoms with Crippen LogP contribution in [0.2, 0.25) is 0 Å². The molecule has 1 unspecified atom stereocenters. The zero-order chi connectivity index (χ0) is 10.3. The van der Waals surface area contributed by atoms with Crippen LogP contribution >= 0.6 is 15.9 Å². The Labute approximate surface area is 91.4 Å². The Hall–Kier alpha value is 0.440. The molecule has 2 heteroatoms. The van der Waals surface area contributed by atoms with Gasteiger partial charge in [-0.05, 0) is 17.8 Å². The fourth-order valence-electron chi connectivity index (χ4n) is 0.900. The van der Waals surface area contributed by atoms with E-state index in [1.807, 2.05) is 0 Å². The van der Waals surface area contributed by atoms with Crippen molar-refractivity contribution >= 4 is 15.9 Å². The zero-order valence-electron chi connectivity index (χ0n) is 9.40. The number of halogens is 1. The van der Waals surface area contributed by atoms with Crippen molar-refractivity contribution < 1.29 is 4.74 Å². The summed E-state index contributed by atoms with van der Waals surface area (Å²) in [6.07, 6.45) is 2.34. The van der Waals surface area contributed by atoms with Crippen molar-refractivity contribution in [2.24, 2.45) is 11.3 Å². The first-order valence-electron chi connectivity index (χ1n) is 5.13. The van der Waals surface area contributed by atoms with Crippen molar-refractivity contribution in [3.05, 3.63) is 0 Å². The minimum absolute atomic E-state index is 0.399. The van der Waals surface area contributed by atoms with E-state index in [9.17, 15) is 0 Å². The lowest BCUT2D eigenvalue weighted by molar-refractivity contribution is 0.0845. The first-order chi connectivity index (χ1) is 5.99. The second-order valence-corrected chi connectivity index (χ2v) is 5.46. The van der Waals surface area contributed by atoms with Gasteiger partial charge in [-0.2, -0.15) is 0 Å². The first kappa shape index (κ1) is 13.4. The first-order valence-corrected chi connectivity index (χ1v) is 6.25. The molecular weight excluding hydrogens is 228 g/mol. The van der Waals surface area contributed by atoms with Crippen LogP contribution in [0, 0.1) is 11.3 Å². The normalized spacial score (nSPS) is 14.5. The molecule has 0 radical (unpaired) electrons. The molecule has 0 amide bonds. The Morgan fingerprint density at radius 2 is 1.92 bits per heavy atom. The molecule has 0 aromatic heterocycles. The van der Waals surface area contributed by atoms with Gasteiger partial charge in [0.25, 0.3) is 0 Å². The number of hydrogen-bond donors (Lipinski definition) is 0. The smallest absolute Gasteiger partial charge is 0.0502 e. The number of hydrogen-bond acceptors (Lipinski definition) is 1. The summed E-state index contributed by atoms with van der Waals surface area (Å²) in [5.74, 6) is 0.681. The lowest BCUT2D eigenvalue weighted by Crippen LogP contribution is -2.14. The molecule has 13 heavy (non-hydrogen) atoms. The second kappa shape index (κ2) is 6.83. The molecule has 80 valence electrons. The van der Waals surface area contributed by atoms with Gasteiger partial charge in [-0.3, -0.25) is 0 Å². The average molecular weight is 251 g/mol. The van der Waals surface area contributed by atoms with Crippen LogP contribution in [-0.4, -0.2) is 18.5 Å². The van der Waals surface area contributed by atoms with Gasteiger partial charge in [0.15, 0.2) is 0 Å². The molecule has 0 aliphatic rings. The van der Waals surface area contributed by atoms with Gasteiger partial charge in [0, 0.05) is 11.9 Å². The number of alkyl halides is 1.